The minimum absolute atomic E-state index is 0.185. The molecule has 1 aromatic heterocycles. The normalized spacial score (nSPS) is 12.1. The standard InChI is InChI=1S/C13H16N4O/c1-10(14)13(18)16-12-4-2-3-11(7-12)8-17-6-5-15-9-17/h2-7,9-10H,8,14H2,1H3,(H,16,18). The number of hydrogen-bond donors (Lipinski definition) is 2. The van der Waals surface area contributed by atoms with Gasteiger partial charge in [0.25, 0.3) is 0 Å². The molecule has 1 heterocycles. The van der Waals surface area contributed by atoms with Crippen LogP contribution in [-0.4, -0.2) is 21.5 Å². The zero-order valence-electron chi connectivity index (χ0n) is 10.2. The van der Waals surface area contributed by atoms with Gasteiger partial charge in [-0.3, -0.25) is 4.79 Å². The van der Waals surface area contributed by atoms with Gasteiger partial charge in [0.2, 0.25) is 5.91 Å². The van der Waals surface area contributed by atoms with Crippen LogP contribution in [0, 0.1) is 0 Å². The van der Waals surface area contributed by atoms with E-state index >= 15 is 0 Å². The minimum Gasteiger partial charge on any atom is -0.333 e. The zero-order valence-corrected chi connectivity index (χ0v) is 10.2. The smallest absolute Gasteiger partial charge is 0.240 e. The van der Waals surface area contributed by atoms with Crippen LogP contribution in [0.25, 0.3) is 0 Å². The lowest BCUT2D eigenvalue weighted by Gasteiger charge is -2.09. The molecule has 1 atom stereocenters. The van der Waals surface area contributed by atoms with Gasteiger partial charge in [-0.1, -0.05) is 12.1 Å². The van der Waals surface area contributed by atoms with Crippen molar-refractivity contribution in [3.63, 3.8) is 0 Å². The number of aromatic nitrogens is 2. The Morgan fingerprint density at radius 1 is 1.56 bits per heavy atom. The third kappa shape index (κ3) is 3.18. The number of rotatable bonds is 4. The highest BCUT2D eigenvalue weighted by Gasteiger charge is 2.07. The third-order valence-corrected chi connectivity index (χ3v) is 2.53. The van der Waals surface area contributed by atoms with Crippen molar-refractivity contribution in [2.75, 3.05) is 5.32 Å². The summed E-state index contributed by atoms with van der Waals surface area (Å²) in [7, 11) is 0. The molecule has 0 radical (unpaired) electrons. The summed E-state index contributed by atoms with van der Waals surface area (Å²) in [6, 6.07) is 7.17. The van der Waals surface area contributed by atoms with Gasteiger partial charge < -0.3 is 15.6 Å². The summed E-state index contributed by atoms with van der Waals surface area (Å²) >= 11 is 0. The van der Waals surface area contributed by atoms with Crippen molar-refractivity contribution < 1.29 is 4.79 Å². The van der Waals surface area contributed by atoms with Gasteiger partial charge in [0, 0.05) is 24.6 Å². The monoisotopic (exact) mass is 244 g/mol. The Labute approximate surface area is 106 Å². The van der Waals surface area contributed by atoms with Crippen molar-refractivity contribution in [1.29, 1.82) is 0 Å². The van der Waals surface area contributed by atoms with E-state index in [0.29, 0.717) is 0 Å². The molecular formula is C13H16N4O. The van der Waals surface area contributed by atoms with Crippen molar-refractivity contribution in [3.8, 4) is 0 Å². The molecule has 1 amide bonds. The van der Waals surface area contributed by atoms with Crippen LogP contribution in [0.4, 0.5) is 5.69 Å². The molecule has 94 valence electrons. The number of amides is 1. The highest BCUT2D eigenvalue weighted by atomic mass is 16.2. The van der Waals surface area contributed by atoms with Crippen molar-refractivity contribution in [1.82, 2.24) is 9.55 Å². The van der Waals surface area contributed by atoms with E-state index in [9.17, 15) is 4.79 Å². The summed E-state index contributed by atoms with van der Waals surface area (Å²) < 4.78 is 1.96. The molecule has 0 fully saturated rings. The summed E-state index contributed by atoms with van der Waals surface area (Å²) in [6.45, 7) is 2.38. The lowest BCUT2D eigenvalue weighted by Crippen LogP contribution is -2.32. The summed E-state index contributed by atoms with van der Waals surface area (Å²) in [4.78, 5) is 15.5. The second-order valence-electron chi connectivity index (χ2n) is 4.21. The van der Waals surface area contributed by atoms with Crippen molar-refractivity contribution in [2.45, 2.75) is 19.5 Å². The SMILES string of the molecule is CC(N)C(=O)Nc1cccc(Cn2ccnc2)c1. The number of nitrogens with one attached hydrogen (secondary N) is 1. The molecule has 0 aliphatic rings. The molecule has 0 aliphatic carbocycles. The molecule has 0 bridgehead atoms. The van der Waals surface area contributed by atoms with Crippen LogP contribution in [0.2, 0.25) is 0 Å². The molecule has 5 heteroatoms. The number of anilines is 1. The number of benzene rings is 1. The topological polar surface area (TPSA) is 72.9 Å². The summed E-state index contributed by atoms with van der Waals surface area (Å²) in [5.74, 6) is -0.185. The van der Waals surface area contributed by atoms with Gasteiger partial charge in [0.1, 0.15) is 0 Å². The van der Waals surface area contributed by atoms with Gasteiger partial charge in [-0.25, -0.2) is 4.98 Å². The number of imidazole rings is 1. The Bertz CT molecular complexity index is 520. The first kappa shape index (κ1) is 12.3. The summed E-state index contributed by atoms with van der Waals surface area (Å²) in [5, 5.41) is 2.77. The number of carbonyl (C=O) groups excluding carboxylic acids is 1. The van der Waals surface area contributed by atoms with E-state index in [1.54, 1.807) is 19.4 Å². The fourth-order valence-corrected chi connectivity index (χ4v) is 1.59. The zero-order chi connectivity index (χ0) is 13.0. The Kier molecular flexibility index (Phi) is 3.74. The van der Waals surface area contributed by atoms with E-state index in [2.05, 4.69) is 10.3 Å². The quantitative estimate of drug-likeness (QED) is 0.849. The molecule has 5 nitrogen and oxygen atoms in total. The molecule has 2 rings (SSSR count). The highest BCUT2D eigenvalue weighted by molar-refractivity contribution is 5.94. The second kappa shape index (κ2) is 5.46. The van der Waals surface area contributed by atoms with E-state index in [4.69, 9.17) is 5.73 Å². The van der Waals surface area contributed by atoms with Gasteiger partial charge in [0.05, 0.1) is 12.4 Å². The fourth-order valence-electron chi connectivity index (χ4n) is 1.59. The van der Waals surface area contributed by atoms with Crippen LogP contribution in [0.3, 0.4) is 0 Å². The van der Waals surface area contributed by atoms with Crippen LogP contribution in [-0.2, 0) is 11.3 Å². The number of carbonyl (C=O) groups is 1. The lowest BCUT2D eigenvalue weighted by molar-refractivity contribution is -0.117. The molecular weight excluding hydrogens is 228 g/mol. The number of hydrogen-bond acceptors (Lipinski definition) is 3. The Morgan fingerprint density at radius 2 is 2.39 bits per heavy atom. The van der Waals surface area contributed by atoms with Gasteiger partial charge in [-0.2, -0.15) is 0 Å². The summed E-state index contributed by atoms with van der Waals surface area (Å²) in [6.07, 6.45) is 5.39. The van der Waals surface area contributed by atoms with Gasteiger partial charge in [-0.15, -0.1) is 0 Å². The molecule has 0 saturated carbocycles. The Morgan fingerprint density at radius 3 is 3.06 bits per heavy atom. The van der Waals surface area contributed by atoms with Crippen LogP contribution in [0.15, 0.2) is 43.0 Å². The first-order valence-corrected chi connectivity index (χ1v) is 5.76. The minimum atomic E-state index is -0.512. The molecule has 0 aliphatic heterocycles. The molecule has 2 aromatic rings. The third-order valence-electron chi connectivity index (χ3n) is 2.53. The largest absolute Gasteiger partial charge is 0.333 e. The predicted molar refractivity (Wildman–Crippen MR) is 70.1 cm³/mol. The van der Waals surface area contributed by atoms with Crippen molar-refractivity contribution in [3.05, 3.63) is 48.5 Å². The molecule has 3 N–H and O–H groups in total. The average Bonchev–Trinajstić information content (AvgIpc) is 2.82. The molecule has 1 aromatic carbocycles. The van der Waals surface area contributed by atoms with Crippen LogP contribution < -0.4 is 11.1 Å². The van der Waals surface area contributed by atoms with E-state index in [0.717, 1.165) is 17.8 Å². The fraction of sp³-hybridized carbons (Fsp3) is 0.231. The first-order valence-electron chi connectivity index (χ1n) is 5.76. The maximum Gasteiger partial charge on any atom is 0.240 e. The highest BCUT2D eigenvalue weighted by Crippen LogP contribution is 2.12. The first-order chi connectivity index (χ1) is 8.65. The van der Waals surface area contributed by atoms with Gasteiger partial charge in [-0.05, 0) is 24.6 Å². The average molecular weight is 244 g/mol. The Hall–Kier alpha value is -2.14. The molecule has 18 heavy (non-hydrogen) atoms. The second-order valence-corrected chi connectivity index (χ2v) is 4.21. The van der Waals surface area contributed by atoms with E-state index in [1.807, 2.05) is 35.0 Å². The van der Waals surface area contributed by atoms with Crippen molar-refractivity contribution >= 4 is 11.6 Å². The van der Waals surface area contributed by atoms with Crippen molar-refractivity contribution in [2.24, 2.45) is 5.73 Å². The molecule has 0 spiro atoms. The molecule has 1 unspecified atom stereocenters. The van der Waals surface area contributed by atoms with E-state index < -0.39 is 6.04 Å². The molecule has 0 saturated heterocycles. The maximum atomic E-state index is 11.5. The van der Waals surface area contributed by atoms with E-state index in [1.165, 1.54) is 0 Å². The number of nitrogens with zero attached hydrogens (tertiary/aromatic N) is 2. The van der Waals surface area contributed by atoms with Crippen LogP contribution >= 0.6 is 0 Å². The van der Waals surface area contributed by atoms with Gasteiger partial charge >= 0.3 is 0 Å². The van der Waals surface area contributed by atoms with E-state index in [-0.39, 0.29) is 5.91 Å². The number of nitrogens with two attached hydrogens (primary N) is 1. The maximum absolute atomic E-state index is 11.5. The Balaban J connectivity index is 2.08. The lowest BCUT2D eigenvalue weighted by atomic mass is 10.2. The van der Waals surface area contributed by atoms with Gasteiger partial charge in [0.15, 0.2) is 0 Å². The van der Waals surface area contributed by atoms with Crippen LogP contribution in [0.1, 0.15) is 12.5 Å². The summed E-state index contributed by atoms with van der Waals surface area (Å²) in [5.41, 5.74) is 7.36. The predicted octanol–water partition coefficient (Wildman–Crippen LogP) is 1.22. The van der Waals surface area contributed by atoms with Crippen LogP contribution in [0.5, 0.6) is 0 Å².